The number of carbonyl (C=O) groups is 1. The molecule has 2 heterocycles. The number of benzene rings is 1. The Bertz CT molecular complexity index is 605. The predicted octanol–water partition coefficient (Wildman–Crippen LogP) is 0.641. The number of fused-ring (bicyclic) bond motifs is 1. The number of aryl methyl sites for hydroxylation is 1. The Balaban J connectivity index is 1.69. The van der Waals surface area contributed by atoms with Gasteiger partial charge in [0.25, 0.3) is 0 Å². The van der Waals surface area contributed by atoms with E-state index in [0.29, 0.717) is 6.42 Å². The van der Waals surface area contributed by atoms with E-state index in [0.717, 1.165) is 18.7 Å². The van der Waals surface area contributed by atoms with E-state index in [-0.39, 0.29) is 11.8 Å². The van der Waals surface area contributed by atoms with Gasteiger partial charge in [-0.2, -0.15) is 0 Å². The van der Waals surface area contributed by atoms with Gasteiger partial charge < -0.3 is 5.32 Å². The van der Waals surface area contributed by atoms with Gasteiger partial charge in [0, 0.05) is 19.8 Å². The Kier molecular flexibility index (Phi) is 3.13. The van der Waals surface area contributed by atoms with E-state index in [1.165, 1.54) is 11.1 Å². The van der Waals surface area contributed by atoms with E-state index >= 15 is 0 Å². The summed E-state index contributed by atoms with van der Waals surface area (Å²) in [7, 11) is 1.80. The monoisotopic (exact) mass is 256 g/mol. The van der Waals surface area contributed by atoms with Crippen LogP contribution < -0.4 is 5.32 Å². The number of Topliss-reactive ketones (excluding diaryl/α,β-unsaturated/α-hetero) is 1. The first-order valence-corrected chi connectivity index (χ1v) is 6.40. The van der Waals surface area contributed by atoms with E-state index in [1.54, 1.807) is 17.9 Å². The molecule has 5 heteroatoms. The molecule has 0 spiro atoms. The molecule has 1 unspecified atom stereocenters. The Hall–Kier alpha value is -2.01. The number of ketones is 1. The number of nitrogens with zero attached hydrogens (tertiary/aromatic N) is 3. The second-order valence-corrected chi connectivity index (χ2v) is 4.93. The van der Waals surface area contributed by atoms with Crippen LogP contribution in [-0.4, -0.2) is 26.8 Å². The molecular formula is C14H16N4O. The van der Waals surface area contributed by atoms with Crippen molar-refractivity contribution in [2.24, 2.45) is 7.05 Å². The minimum absolute atomic E-state index is 0.114. The topological polar surface area (TPSA) is 59.8 Å². The zero-order valence-corrected chi connectivity index (χ0v) is 10.8. The predicted molar refractivity (Wildman–Crippen MR) is 70.5 cm³/mol. The van der Waals surface area contributed by atoms with Gasteiger partial charge >= 0.3 is 0 Å². The molecular weight excluding hydrogens is 240 g/mol. The fraction of sp³-hybridized carbons (Fsp3) is 0.357. The van der Waals surface area contributed by atoms with Crippen molar-refractivity contribution < 1.29 is 4.79 Å². The standard InChI is InChI=1S/C14H16N4O/c1-18-9-12(16-17-18)7-14(19)13-6-10-4-2-3-5-11(10)8-15-13/h2-5,9,13,15H,6-8H2,1H3. The maximum atomic E-state index is 12.2. The third-order valence-corrected chi connectivity index (χ3v) is 3.48. The number of nitrogens with one attached hydrogen (secondary N) is 1. The lowest BCUT2D eigenvalue weighted by molar-refractivity contribution is -0.120. The van der Waals surface area contributed by atoms with Crippen LogP contribution in [0.4, 0.5) is 0 Å². The van der Waals surface area contributed by atoms with Gasteiger partial charge in [-0.1, -0.05) is 29.5 Å². The van der Waals surface area contributed by atoms with E-state index in [2.05, 4.69) is 27.8 Å². The molecule has 19 heavy (non-hydrogen) atoms. The summed E-state index contributed by atoms with van der Waals surface area (Å²) in [5.41, 5.74) is 3.28. The van der Waals surface area contributed by atoms with Crippen molar-refractivity contribution in [2.45, 2.75) is 25.4 Å². The quantitative estimate of drug-likeness (QED) is 0.875. The number of aromatic nitrogens is 3. The molecule has 1 aliphatic rings. The number of hydrogen-bond acceptors (Lipinski definition) is 4. The van der Waals surface area contributed by atoms with E-state index in [4.69, 9.17) is 0 Å². The van der Waals surface area contributed by atoms with Crippen LogP contribution in [0.1, 0.15) is 16.8 Å². The summed E-state index contributed by atoms with van der Waals surface area (Å²) < 4.78 is 1.62. The molecule has 0 aliphatic carbocycles. The van der Waals surface area contributed by atoms with Crippen molar-refractivity contribution >= 4 is 5.78 Å². The Morgan fingerprint density at radius 3 is 2.95 bits per heavy atom. The molecule has 0 fully saturated rings. The van der Waals surface area contributed by atoms with Gasteiger partial charge in [0.1, 0.15) is 0 Å². The molecule has 1 aromatic heterocycles. The zero-order chi connectivity index (χ0) is 13.2. The van der Waals surface area contributed by atoms with Crippen molar-refractivity contribution in [3.8, 4) is 0 Å². The van der Waals surface area contributed by atoms with Gasteiger partial charge in [0.05, 0.1) is 18.2 Å². The fourth-order valence-electron chi connectivity index (χ4n) is 2.46. The molecule has 1 aromatic carbocycles. The Morgan fingerprint density at radius 2 is 2.21 bits per heavy atom. The average Bonchev–Trinajstić information content (AvgIpc) is 2.83. The molecule has 0 bridgehead atoms. The molecule has 2 aromatic rings. The molecule has 0 amide bonds. The van der Waals surface area contributed by atoms with Crippen molar-refractivity contribution in [2.75, 3.05) is 0 Å². The second kappa shape index (κ2) is 4.93. The maximum absolute atomic E-state index is 12.2. The highest BCUT2D eigenvalue weighted by Gasteiger charge is 2.24. The van der Waals surface area contributed by atoms with Gasteiger partial charge in [0.15, 0.2) is 5.78 Å². The van der Waals surface area contributed by atoms with Crippen molar-refractivity contribution in [1.29, 1.82) is 0 Å². The van der Waals surface area contributed by atoms with Crippen LogP contribution in [0.3, 0.4) is 0 Å². The average molecular weight is 256 g/mol. The minimum atomic E-state index is -0.114. The first kappa shape index (κ1) is 12.0. The molecule has 5 nitrogen and oxygen atoms in total. The van der Waals surface area contributed by atoms with Gasteiger partial charge in [0.2, 0.25) is 0 Å². The Morgan fingerprint density at radius 1 is 1.42 bits per heavy atom. The molecule has 1 atom stereocenters. The highest BCUT2D eigenvalue weighted by Crippen LogP contribution is 2.17. The van der Waals surface area contributed by atoms with Crippen molar-refractivity contribution in [1.82, 2.24) is 20.3 Å². The summed E-state index contributed by atoms with van der Waals surface area (Å²) in [4.78, 5) is 12.2. The molecule has 1 N–H and O–H groups in total. The van der Waals surface area contributed by atoms with Crippen LogP contribution in [0.25, 0.3) is 0 Å². The van der Waals surface area contributed by atoms with Gasteiger partial charge in [-0.05, 0) is 17.5 Å². The van der Waals surface area contributed by atoms with Crippen molar-refractivity contribution in [3.05, 3.63) is 47.3 Å². The van der Waals surface area contributed by atoms with Crippen LogP contribution in [0, 0.1) is 0 Å². The van der Waals surface area contributed by atoms with Gasteiger partial charge in [-0.15, -0.1) is 5.10 Å². The van der Waals surface area contributed by atoms with Crippen LogP contribution in [0.15, 0.2) is 30.5 Å². The zero-order valence-electron chi connectivity index (χ0n) is 10.8. The second-order valence-electron chi connectivity index (χ2n) is 4.93. The first-order chi connectivity index (χ1) is 9.22. The highest BCUT2D eigenvalue weighted by atomic mass is 16.1. The smallest absolute Gasteiger partial charge is 0.156 e. The lowest BCUT2D eigenvalue weighted by atomic mass is 9.92. The maximum Gasteiger partial charge on any atom is 0.156 e. The van der Waals surface area contributed by atoms with E-state index in [1.807, 2.05) is 12.1 Å². The SMILES string of the molecule is Cn1cc(CC(=O)C2Cc3ccccc3CN2)nn1. The Labute approximate surface area is 111 Å². The fourth-order valence-corrected chi connectivity index (χ4v) is 2.46. The van der Waals surface area contributed by atoms with Crippen LogP contribution >= 0.6 is 0 Å². The summed E-state index contributed by atoms with van der Waals surface area (Å²) in [6.45, 7) is 0.757. The lowest BCUT2D eigenvalue weighted by Crippen LogP contribution is -2.42. The molecule has 0 saturated heterocycles. The molecule has 0 radical (unpaired) electrons. The molecule has 3 rings (SSSR count). The van der Waals surface area contributed by atoms with Gasteiger partial charge in [-0.3, -0.25) is 9.48 Å². The normalized spacial score (nSPS) is 18.1. The summed E-state index contributed by atoms with van der Waals surface area (Å²) in [6.07, 6.45) is 2.89. The largest absolute Gasteiger partial charge is 0.303 e. The lowest BCUT2D eigenvalue weighted by Gasteiger charge is -2.24. The number of carbonyl (C=O) groups excluding carboxylic acids is 1. The van der Waals surface area contributed by atoms with E-state index in [9.17, 15) is 4.79 Å². The minimum Gasteiger partial charge on any atom is -0.303 e. The summed E-state index contributed by atoms with van der Waals surface area (Å²) in [5.74, 6) is 0.176. The van der Waals surface area contributed by atoms with Gasteiger partial charge in [-0.25, -0.2) is 0 Å². The first-order valence-electron chi connectivity index (χ1n) is 6.40. The number of hydrogen-bond donors (Lipinski definition) is 1. The van der Waals surface area contributed by atoms with Crippen LogP contribution in [0.2, 0.25) is 0 Å². The molecule has 0 saturated carbocycles. The third-order valence-electron chi connectivity index (χ3n) is 3.48. The number of rotatable bonds is 3. The van der Waals surface area contributed by atoms with Crippen LogP contribution in [-0.2, 0) is 31.2 Å². The molecule has 1 aliphatic heterocycles. The summed E-state index contributed by atoms with van der Waals surface area (Å²) in [5, 5.41) is 11.1. The van der Waals surface area contributed by atoms with E-state index < -0.39 is 0 Å². The summed E-state index contributed by atoms with van der Waals surface area (Å²) in [6, 6.07) is 8.14. The van der Waals surface area contributed by atoms with Crippen LogP contribution in [0.5, 0.6) is 0 Å². The summed E-state index contributed by atoms with van der Waals surface area (Å²) >= 11 is 0. The van der Waals surface area contributed by atoms with Crippen molar-refractivity contribution in [3.63, 3.8) is 0 Å². The highest BCUT2D eigenvalue weighted by molar-refractivity contribution is 5.86. The molecule has 98 valence electrons. The third kappa shape index (κ3) is 2.56.